The number of aliphatic hydroxyl groups excluding tert-OH is 3. The van der Waals surface area contributed by atoms with E-state index in [2.05, 4.69) is 95.7 Å². The molecule has 21 atom stereocenters. The van der Waals surface area contributed by atoms with Crippen LogP contribution in [0.5, 0.6) is 0 Å². The number of guanidine groups is 2. The van der Waals surface area contributed by atoms with Gasteiger partial charge in [-0.05, 0) is 87.9 Å². The van der Waals surface area contributed by atoms with Crippen LogP contribution in [0.15, 0.2) is 0 Å². The molecule has 0 aromatic rings. The fourth-order valence-electron chi connectivity index (χ4n) is 13.2. The summed E-state index contributed by atoms with van der Waals surface area (Å²) in [5.74, 6) is -39.3. The van der Waals surface area contributed by atoms with Crippen molar-refractivity contribution in [1.82, 2.24) is 101 Å². The first-order valence-electron chi connectivity index (χ1n) is 45.9. The molecular formula is C84H142N26O34. The van der Waals surface area contributed by atoms with Gasteiger partial charge in [-0.25, -0.2) is 4.79 Å². The number of aliphatic hydroxyl groups is 3. The lowest BCUT2D eigenvalue weighted by Gasteiger charge is -2.31. The van der Waals surface area contributed by atoms with Gasteiger partial charge in [-0.1, -0.05) is 88.5 Å². The maximum absolute atomic E-state index is 14.6. The number of nitrogens with two attached hydrogens (primary N) is 5. The van der Waals surface area contributed by atoms with E-state index in [1.54, 1.807) is 13.8 Å². The molecule has 812 valence electrons. The van der Waals surface area contributed by atoms with E-state index in [1.807, 2.05) is 5.32 Å². The van der Waals surface area contributed by atoms with E-state index in [-0.39, 0.29) is 70.4 Å². The molecule has 0 aliphatic heterocycles. The number of primary amides is 2. The van der Waals surface area contributed by atoms with Crippen molar-refractivity contribution in [1.29, 1.82) is 10.8 Å². The van der Waals surface area contributed by atoms with Crippen LogP contribution in [0.1, 0.15) is 192 Å². The number of aliphatic carboxylic acids is 6. The van der Waals surface area contributed by atoms with E-state index < -0.39 is 376 Å². The maximum Gasteiger partial charge on any atom is 0.328 e. The molecule has 0 saturated heterocycles. The number of carbonyl (C=O) groups excluding carboxylic acids is 19. The minimum Gasteiger partial charge on any atom is -0.481 e. The summed E-state index contributed by atoms with van der Waals surface area (Å²) in [6.45, 7) is 12.7. The zero-order valence-electron chi connectivity index (χ0n) is 81.7. The van der Waals surface area contributed by atoms with Gasteiger partial charge in [0.2, 0.25) is 112 Å². The van der Waals surface area contributed by atoms with Gasteiger partial charge in [0.05, 0.1) is 51.5 Å². The summed E-state index contributed by atoms with van der Waals surface area (Å²) in [5.41, 5.74) is 27.3. The molecule has 0 fully saturated rings. The van der Waals surface area contributed by atoms with Gasteiger partial charge >= 0.3 is 35.8 Å². The molecule has 0 unspecified atom stereocenters. The monoisotopic (exact) mass is 2060 g/mol. The lowest BCUT2D eigenvalue weighted by Crippen LogP contribution is -2.62. The first kappa shape index (κ1) is 129. The molecule has 19 amide bonds. The lowest BCUT2D eigenvalue weighted by atomic mass is 9.94. The van der Waals surface area contributed by atoms with E-state index in [0.29, 0.717) is 0 Å². The van der Waals surface area contributed by atoms with E-state index in [1.165, 1.54) is 55.4 Å². The third kappa shape index (κ3) is 49.5. The second-order valence-electron chi connectivity index (χ2n) is 34.7. The van der Waals surface area contributed by atoms with Gasteiger partial charge in [-0.15, -0.1) is 0 Å². The molecule has 0 radical (unpaired) electrons. The van der Waals surface area contributed by atoms with E-state index in [9.17, 15) is 166 Å². The van der Waals surface area contributed by atoms with Crippen LogP contribution in [-0.2, 0) is 120 Å². The predicted octanol–water partition coefficient (Wildman–Crippen LogP) is -12.7. The van der Waals surface area contributed by atoms with Gasteiger partial charge in [0.15, 0.2) is 11.9 Å². The second-order valence-corrected chi connectivity index (χ2v) is 34.7. The normalized spacial score (nSPS) is 15.4. The summed E-state index contributed by atoms with van der Waals surface area (Å²) in [5, 5.41) is 146. The minimum atomic E-state index is -2.26. The summed E-state index contributed by atoms with van der Waals surface area (Å²) in [6, 6.07) is -33.5. The molecule has 0 heterocycles. The standard InChI is InChI=1S/C84H142N26O34/c1-12-37(8)62(110-81(142)64(39(10)14-3)109-75(136)50(31-60(124)125)102-70(131)45(21-24-58(120)121)98-73(134)49(30-59(122)123)103-71(132)46(27-35(4)5)99-72(133)47(28-54(86)114)101-77(138)51(32-111)104-66(127)41(85)17-15-25-92-83(88)89)79(140)94-40(11)65(126)95-43(19-22-56(116)117)68(129)97-44(20-23-57(118)119)69(130)100-48(29-55(87)115)74(135)108-63(38(9)13-2)80(141)107-61(36(6)7)78(139)105-52(33-112)76(137)96-42(18-16-26-93-84(90)91)67(128)106-53(34-113)82(143)144/h35-53,61-64,111-113H,12-34,85H2,1-11H3,(H2,86,114)(H2,87,115)(H,94,140)(H,95,126)(H,96,137)(H,97,129)(H,98,134)(H,99,133)(H,100,130)(H,101,138)(H,102,131)(H,103,132)(H,104,127)(H,105,139)(H,106,128)(H,107,141)(H,108,135)(H,109,136)(H,110,142)(H,116,117)(H,118,119)(H,120,121)(H,122,123)(H,124,125)(H,143,144)(H4,88,89,92)(H4,90,91,93)/t37-,38-,39-,40-,41-,42-,43-,44-,45-,46-,47-,48-,49-,50-,51-,52-,53-,61-,62-,63-,64-/m0/s1. The molecule has 0 aliphatic rings. The number of hydrogen-bond donors (Lipinski definition) is 35. The zero-order chi connectivity index (χ0) is 111. The van der Waals surface area contributed by atoms with E-state index in [0.717, 1.165) is 6.92 Å². The number of carboxylic acids is 6. The SMILES string of the molecule is CC[C@H](C)[C@H](NC(=O)[C@H](CC(N)=O)NC(=O)[C@H](CCC(=O)O)NC(=O)[C@H](CCC(=O)O)NC(=O)[C@H](C)NC(=O)[C@@H](NC(=O)[C@@H](NC(=O)[C@H](CC(=O)O)NC(=O)[C@H](CCC(=O)O)NC(=O)[C@H](CC(=O)O)NC(=O)[C@H](CC(C)C)NC(=O)[C@H](CC(N)=O)NC(=O)[C@H](CO)NC(=O)[C@@H](N)CCCNC(=N)N)[C@@H](C)CC)[C@@H](C)CC)C(=O)N[C@H](C(=O)N[C@@H](CO)C(=O)N[C@@H](CCCNC(=N)N)C(=O)N[C@@H](CO)C(=O)O)C(C)C. The lowest BCUT2D eigenvalue weighted by molar-refractivity contribution is -0.143. The average molecular weight is 2060 g/mol. The number of nitrogens with one attached hydrogen (secondary N) is 21. The molecule has 60 heteroatoms. The third-order valence-corrected chi connectivity index (χ3v) is 22.0. The fourth-order valence-corrected chi connectivity index (χ4v) is 13.2. The van der Waals surface area contributed by atoms with Crippen LogP contribution in [0.2, 0.25) is 0 Å². The Labute approximate surface area is 826 Å². The molecule has 0 rings (SSSR count). The van der Waals surface area contributed by atoms with Crippen molar-refractivity contribution in [3.63, 3.8) is 0 Å². The number of carbonyl (C=O) groups is 25. The largest absolute Gasteiger partial charge is 0.481 e. The quantitative estimate of drug-likeness (QED) is 0.0153. The Kier molecular flexibility index (Phi) is 59.2. The van der Waals surface area contributed by atoms with Gasteiger partial charge in [-0.3, -0.25) is 126 Å². The van der Waals surface area contributed by atoms with Crippen LogP contribution >= 0.6 is 0 Å². The van der Waals surface area contributed by atoms with Crippen LogP contribution in [0.25, 0.3) is 0 Å². The number of amides is 19. The Morgan fingerprint density at radius 2 is 0.521 bits per heavy atom. The summed E-state index contributed by atoms with van der Waals surface area (Å²) in [7, 11) is 0. The highest BCUT2D eigenvalue weighted by molar-refractivity contribution is 6.04. The highest BCUT2D eigenvalue weighted by Crippen LogP contribution is 2.18. The molecule has 40 N–H and O–H groups in total. The summed E-state index contributed by atoms with van der Waals surface area (Å²) in [6.07, 6.45) is -10.4. The van der Waals surface area contributed by atoms with Gasteiger partial charge in [0.25, 0.3) is 0 Å². The average Bonchev–Trinajstić information content (AvgIpc) is 0.840. The summed E-state index contributed by atoms with van der Waals surface area (Å²) < 4.78 is 0. The van der Waals surface area contributed by atoms with Crippen molar-refractivity contribution in [2.75, 3.05) is 32.9 Å². The molecule has 0 bridgehead atoms. The highest BCUT2D eigenvalue weighted by Gasteiger charge is 2.43. The molecule has 0 aromatic carbocycles. The van der Waals surface area contributed by atoms with Gasteiger partial charge < -0.3 is 176 Å². The third-order valence-electron chi connectivity index (χ3n) is 22.0. The van der Waals surface area contributed by atoms with Crippen LogP contribution in [0.4, 0.5) is 0 Å². The van der Waals surface area contributed by atoms with Crippen LogP contribution in [0, 0.1) is 40.4 Å². The zero-order valence-corrected chi connectivity index (χ0v) is 81.7. The van der Waals surface area contributed by atoms with Crippen molar-refractivity contribution in [3.05, 3.63) is 0 Å². The first-order valence-corrected chi connectivity index (χ1v) is 45.9. The first-order chi connectivity index (χ1) is 67.1. The Bertz CT molecular complexity index is 4510. The molecule has 0 aliphatic carbocycles. The molecule has 144 heavy (non-hydrogen) atoms. The van der Waals surface area contributed by atoms with E-state index >= 15 is 0 Å². The van der Waals surface area contributed by atoms with Gasteiger partial charge in [0, 0.05) is 32.4 Å². The number of carboxylic acid groups (broad SMARTS) is 6. The molecule has 0 spiro atoms. The predicted molar refractivity (Wildman–Crippen MR) is 499 cm³/mol. The van der Waals surface area contributed by atoms with Crippen molar-refractivity contribution < 1.29 is 166 Å². The van der Waals surface area contributed by atoms with Crippen LogP contribution < -0.4 is 130 Å². The number of rotatable bonds is 72. The van der Waals surface area contributed by atoms with Crippen molar-refractivity contribution in [3.8, 4) is 0 Å². The Balaban J connectivity index is 7.25. The Morgan fingerprint density at radius 3 is 0.826 bits per heavy atom. The topological polar surface area (TPSA) is 1020 Å². The molecule has 0 aromatic heterocycles. The Morgan fingerprint density at radius 1 is 0.271 bits per heavy atom. The van der Waals surface area contributed by atoms with Crippen molar-refractivity contribution in [2.24, 2.45) is 58.3 Å². The highest BCUT2D eigenvalue weighted by atomic mass is 16.4. The van der Waals surface area contributed by atoms with Gasteiger partial charge in [-0.2, -0.15) is 0 Å². The summed E-state index contributed by atoms with van der Waals surface area (Å²) in [4.78, 5) is 336. The molecule has 60 nitrogen and oxygen atoms in total. The van der Waals surface area contributed by atoms with E-state index in [4.69, 9.17) is 39.5 Å². The molecule has 0 saturated carbocycles. The maximum atomic E-state index is 14.6. The number of hydrogen-bond acceptors (Lipinski definition) is 31. The van der Waals surface area contributed by atoms with Crippen LogP contribution in [0.3, 0.4) is 0 Å². The van der Waals surface area contributed by atoms with Crippen LogP contribution in [-0.4, -0.2) is 348 Å². The van der Waals surface area contributed by atoms with Crippen molar-refractivity contribution >= 4 is 160 Å². The summed E-state index contributed by atoms with van der Waals surface area (Å²) >= 11 is 0. The smallest absolute Gasteiger partial charge is 0.328 e. The minimum absolute atomic E-state index is 0.00909. The fraction of sp³-hybridized carbons (Fsp3) is 0.679. The second kappa shape index (κ2) is 66.0. The Hall–Kier alpha value is -14.9. The van der Waals surface area contributed by atoms with Gasteiger partial charge in [0.1, 0.15) is 103 Å². The molecular weight excluding hydrogens is 1920 g/mol. The van der Waals surface area contributed by atoms with Crippen molar-refractivity contribution in [2.45, 2.75) is 300 Å².